The molecule has 1 aromatic carbocycles. The van der Waals surface area contributed by atoms with Crippen LogP contribution in [0, 0.1) is 5.82 Å². The van der Waals surface area contributed by atoms with Gasteiger partial charge < -0.3 is 23.9 Å². The average Bonchev–Trinajstić information content (AvgIpc) is 3.66. The molecule has 5 heterocycles. The van der Waals surface area contributed by atoms with Crippen LogP contribution < -0.4 is 5.32 Å². The SMILES string of the molecule is CC(C)(C)c1nnc([C@H]2O[C@@H](n3cnc4c(Nc5ccc(Cl)cc5F)ncnc43)[C@H]3OC(S(C)(=O)=O)(S(C)(=O)=O)O[C@H]32)o1. The van der Waals surface area contributed by atoms with Crippen molar-refractivity contribution in [3.63, 3.8) is 0 Å². The lowest BCUT2D eigenvalue weighted by atomic mass is 9.97. The Labute approximate surface area is 249 Å². The maximum atomic E-state index is 14.5. The number of nitrogens with zero attached hydrogens (tertiary/aromatic N) is 6. The first-order valence-electron chi connectivity index (χ1n) is 12.6. The van der Waals surface area contributed by atoms with E-state index in [0.29, 0.717) is 12.5 Å². The highest BCUT2D eigenvalue weighted by Crippen LogP contribution is 2.52. The Bertz CT molecular complexity index is 1930. The van der Waals surface area contributed by atoms with Crippen molar-refractivity contribution in [3.05, 3.63) is 53.5 Å². The van der Waals surface area contributed by atoms with Crippen molar-refractivity contribution in [2.75, 3.05) is 17.8 Å². The minimum atomic E-state index is -4.53. The normalized spacial score (nSPS) is 24.0. The standard InChI is InChI=1S/C24H25ClFN7O8S2/c1-23(2,3)22-32-31-20(39-22)16-15-17(41-24(40-15,42(4,34)35)43(5,36)37)21(38-16)33-10-29-14-18(27-9-28-19(14)33)30-13-7-6-11(25)8-12(13)26/h6-10,15-17,21H,1-5H3,(H,27,28,30)/t15-,16-,17-,21+/m0/s1. The monoisotopic (exact) mass is 657 g/mol. The molecule has 19 heteroatoms. The molecule has 2 saturated heterocycles. The van der Waals surface area contributed by atoms with Crippen LogP contribution in [0.15, 0.2) is 35.3 Å². The molecule has 3 aromatic heterocycles. The molecular weight excluding hydrogens is 633 g/mol. The fourth-order valence-corrected chi connectivity index (χ4v) is 8.30. The second-order valence-corrected chi connectivity index (χ2v) is 16.0. The van der Waals surface area contributed by atoms with Gasteiger partial charge in [-0.2, -0.15) is 0 Å². The molecule has 0 amide bonds. The van der Waals surface area contributed by atoms with Gasteiger partial charge in [0.2, 0.25) is 31.5 Å². The summed E-state index contributed by atoms with van der Waals surface area (Å²) in [5, 5.41) is 11.2. The summed E-state index contributed by atoms with van der Waals surface area (Å²) in [6.07, 6.45) is -1.27. The van der Waals surface area contributed by atoms with Gasteiger partial charge in [0, 0.05) is 22.9 Å². The Morgan fingerprint density at radius 1 is 1.02 bits per heavy atom. The smallest absolute Gasteiger partial charge is 0.379 e. The summed E-state index contributed by atoms with van der Waals surface area (Å²) in [4.78, 5) is 12.8. The molecule has 15 nitrogen and oxygen atoms in total. The molecule has 2 aliphatic heterocycles. The number of anilines is 2. The second kappa shape index (κ2) is 9.86. The molecule has 0 unspecified atom stereocenters. The minimum absolute atomic E-state index is 0.0702. The fourth-order valence-electron chi connectivity index (χ4n) is 4.80. The predicted octanol–water partition coefficient (Wildman–Crippen LogP) is 2.80. The van der Waals surface area contributed by atoms with E-state index in [4.69, 9.17) is 30.2 Å². The molecule has 4 atom stereocenters. The summed E-state index contributed by atoms with van der Waals surface area (Å²) in [5.41, 5.74) is -0.119. The van der Waals surface area contributed by atoms with E-state index >= 15 is 0 Å². The Morgan fingerprint density at radius 2 is 1.72 bits per heavy atom. The van der Waals surface area contributed by atoms with E-state index in [1.54, 1.807) is 0 Å². The van der Waals surface area contributed by atoms with Crippen LogP contribution in [0.3, 0.4) is 0 Å². The molecule has 43 heavy (non-hydrogen) atoms. The summed E-state index contributed by atoms with van der Waals surface area (Å²) in [5.74, 6) is -0.322. The number of benzene rings is 1. The summed E-state index contributed by atoms with van der Waals surface area (Å²) in [7, 11) is -9.06. The lowest BCUT2D eigenvalue weighted by Gasteiger charge is -2.27. The molecule has 4 aromatic rings. The number of rotatable bonds is 6. The van der Waals surface area contributed by atoms with Gasteiger partial charge in [-0.15, -0.1) is 10.2 Å². The van der Waals surface area contributed by atoms with Crippen LogP contribution in [-0.4, -0.2) is 75.7 Å². The maximum absolute atomic E-state index is 14.5. The highest BCUT2D eigenvalue weighted by Gasteiger charge is 2.69. The minimum Gasteiger partial charge on any atom is -0.422 e. The summed E-state index contributed by atoms with van der Waals surface area (Å²) in [6.45, 7) is 5.54. The van der Waals surface area contributed by atoms with Crippen LogP contribution in [0.4, 0.5) is 15.9 Å². The maximum Gasteiger partial charge on any atom is 0.379 e. The molecule has 2 fully saturated rings. The van der Waals surface area contributed by atoms with Gasteiger partial charge in [-0.3, -0.25) is 4.57 Å². The first-order valence-corrected chi connectivity index (χ1v) is 16.8. The zero-order chi connectivity index (χ0) is 31.1. The van der Waals surface area contributed by atoms with Crippen LogP contribution in [-0.2, 0) is 39.3 Å². The zero-order valence-electron chi connectivity index (χ0n) is 23.2. The summed E-state index contributed by atoms with van der Waals surface area (Å²) >= 11 is 5.86. The number of halogens is 2. The van der Waals surface area contributed by atoms with E-state index in [9.17, 15) is 21.2 Å². The largest absolute Gasteiger partial charge is 0.422 e. The van der Waals surface area contributed by atoms with Gasteiger partial charge in [0.1, 0.15) is 24.4 Å². The van der Waals surface area contributed by atoms with Crippen molar-refractivity contribution in [2.45, 2.75) is 55.2 Å². The molecule has 0 aliphatic carbocycles. The van der Waals surface area contributed by atoms with Gasteiger partial charge in [0.25, 0.3) is 0 Å². The van der Waals surface area contributed by atoms with Crippen LogP contribution in [0.5, 0.6) is 0 Å². The third-order valence-corrected chi connectivity index (χ3v) is 11.1. The molecule has 0 radical (unpaired) electrons. The van der Waals surface area contributed by atoms with Gasteiger partial charge in [0.15, 0.2) is 29.3 Å². The van der Waals surface area contributed by atoms with E-state index in [1.165, 1.54) is 29.4 Å². The van der Waals surface area contributed by atoms with E-state index in [1.807, 2.05) is 20.8 Å². The quantitative estimate of drug-likeness (QED) is 0.318. The number of hydrogen-bond acceptors (Lipinski definition) is 14. The zero-order valence-corrected chi connectivity index (χ0v) is 25.6. The molecule has 2 aliphatic rings. The van der Waals surface area contributed by atoms with Crippen molar-refractivity contribution >= 4 is 53.9 Å². The molecule has 1 N–H and O–H groups in total. The molecule has 0 bridgehead atoms. The van der Waals surface area contributed by atoms with Crippen molar-refractivity contribution < 1.29 is 39.9 Å². The van der Waals surface area contributed by atoms with Gasteiger partial charge in [-0.1, -0.05) is 32.4 Å². The molecule has 230 valence electrons. The number of nitrogens with one attached hydrogen (secondary N) is 1. The van der Waals surface area contributed by atoms with Crippen LogP contribution in [0.1, 0.15) is 44.9 Å². The Hall–Kier alpha value is -3.29. The number of ether oxygens (including phenoxy) is 3. The van der Waals surface area contributed by atoms with E-state index in [0.717, 1.165) is 6.07 Å². The predicted molar refractivity (Wildman–Crippen MR) is 148 cm³/mol. The number of hydrogen-bond donors (Lipinski definition) is 1. The second-order valence-electron chi connectivity index (χ2n) is 11.1. The van der Waals surface area contributed by atoms with Crippen molar-refractivity contribution in [1.82, 2.24) is 29.7 Å². The van der Waals surface area contributed by atoms with Crippen LogP contribution in [0.2, 0.25) is 5.02 Å². The third kappa shape index (κ3) is 4.85. The Balaban J connectivity index is 1.45. The first-order chi connectivity index (χ1) is 20.0. The fraction of sp³-hybridized carbons (Fsp3) is 0.458. The molecule has 0 saturated carbocycles. The van der Waals surface area contributed by atoms with Gasteiger partial charge in [-0.25, -0.2) is 36.2 Å². The lowest BCUT2D eigenvalue weighted by molar-refractivity contribution is -0.136. The van der Waals surface area contributed by atoms with Crippen LogP contribution in [0.25, 0.3) is 11.2 Å². The third-order valence-electron chi connectivity index (χ3n) is 6.80. The highest BCUT2D eigenvalue weighted by atomic mass is 35.5. The number of fused-ring (bicyclic) bond motifs is 2. The van der Waals surface area contributed by atoms with E-state index in [2.05, 4.69) is 30.5 Å². The lowest BCUT2D eigenvalue weighted by Crippen LogP contribution is -2.48. The number of imidazole rings is 1. The Kier molecular flexibility index (Phi) is 6.83. The van der Waals surface area contributed by atoms with Gasteiger partial charge >= 0.3 is 4.45 Å². The topological polar surface area (TPSA) is 191 Å². The van der Waals surface area contributed by atoms with Crippen LogP contribution >= 0.6 is 11.6 Å². The summed E-state index contributed by atoms with van der Waals surface area (Å²) < 4.78 is 88.0. The average molecular weight is 658 g/mol. The molecule has 6 rings (SSSR count). The van der Waals surface area contributed by atoms with Crippen molar-refractivity contribution in [2.24, 2.45) is 0 Å². The highest BCUT2D eigenvalue weighted by molar-refractivity contribution is 8.09. The molecular formula is C24H25ClFN7O8S2. The van der Waals surface area contributed by atoms with E-state index < -0.39 is 59.9 Å². The Morgan fingerprint density at radius 3 is 2.35 bits per heavy atom. The number of sulfone groups is 2. The van der Waals surface area contributed by atoms with Crippen molar-refractivity contribution in [1.29, 1.82) is 0 Å². The summed E-state index contributed by atoms with van der Waals surface area (Å²) in [6, 6.07) is 4.05. The van der Waals surface area contributed by atoms with Crippen molar-refractivity contribution in [3.8, 4) is 0 Å². The molecule has 0 spiro atoms. The first kappa shape index (κ1) is 29.8. The van der Waals surface area contributed by atoms with Gasteiger partial charge in [-0.05, 0) is 18.2 Å². The number of aromatic nitrogens is 6. The van der Waals surface area contributed by atoms with Gasteiger partial charge in [0.05, 0.1) is 12.0 Å². The van der Waals surface area contributed by atoms with E-state index in [-0.39, 0.29) is 39.5 Å².